The third-order valence-corrected chi connectivity index (χ3v) is 6.04. The summed E-state index contributed by atoms with van der Waals surface area (Å²) in [5.41, 5.74) is 3.64. The topological polar surface area (TPSA) is 55.6 Å². The summed E-state index contributed by atoms with van der Waals surface area (Å²) in [5, 5.41) is 13.2. The Labute approximate surface area is 163 Å². The Kier molecular flexibility index (Phi) is 4.42. The van der Waals surface area contributed by atoms with Gasteiger partial charge in [0.25, 0.3) is 0 Å². The highest BCUT2D eigenvalue weighted by Crippen LogP contribution is 2.40. The maximum Gasteiger partial charge on any atom is 0.151 e. The zero-order chi connectivity index (χ0) is 18.2. The van der Waals surface area contributed by atoms with E-state index in [9.17, 15) is 0 Å². The van der Waals surface area contributed by atoms with Crippen LogP contribution in [-0.2, 0) is 13.1 Å². The van der Waals surface area contributed by atoms with Crippen molar-refractivity contribution in [2.24, 2.45) is 0 Å². The number of rotatable bonds is 2. The highest BCUT2D eigenvalue weighted by atomic mass is 35.5. The predicted octanol–water partition coefficient (Wildman–Crippen LogP) is 4.36. The van der Waals surface area contributed by atoms with Crippen LogP contribution in [0.25, 0.3) is 5.69 Å². The van der Waals surface area contributed by atoms with E-state index in [0.717, 1.165) is 56.1 Å². The van der Waals surface area contributed by atoms with Gasteiger partial charge in [-0.25, -0.2) is 4.98 Å². The molecule has 0 spiro atoms. The number of para-hydroxylation sites is 1. The zero-order valence-electron chi connectivity index (χ0n) is 15.1. The number of hydrogen-bond donors (Lipinski definition) is 1. The van der Waals surface area contributed by atoms with E-state index < -0.39 is 0 Å². The maximum absolute atomic E-state index is 6.08. The summed E-state index contributed by atoms with van der Waals surface area (Å²) >= 11 is 6.08. The molecular formula is C21H22ClN5. The number of pyridine rings is 1. The van der Waals surface area contributed by atoms with Crippen molar-refractivity contribution in [1.82, 2.24) is 25.1 Å². The van der Waals surface area contributed by atoms with Gasteiger partial charge in [-0.15, -0.1) is 10.2 Å². The molecule has 1 aromatic carbocycles. The molecule has 5 rings (SSSR count). The van der Waals surface area contributed by atoms with Crippen molar-refractivity contribution in [2.75, 3.05) is 0 Å². The van der Waals surface area contributed by atoms with Gasteiger partial charge in [0.2, 0.25) is 0 Å². The summed E-state index contributed by atoms with van der Waals surface area (Å²) in [6.45, 7) is 1.62. The van der Waals surface area contributed by atoms with Crippen LogP contribution in [0.4, 0.5) is 0 Å². The lowest BCUT2D eigenvalue weighted by molar-refractivity contribution is 0.377. The smallest absolute Gasteiger partial charge is 0.151 e. The molecule has 0 amide bonds. The van der Waals surface area contributed by atoms with Crippen molar-refractivity contribution in [3.63, 3.8) is 0 Å². The predicted molar refractivity (Wildman–Crippen MR) is 105 cm³/mol. The van der Waals surface area contributed by atoms with E-state index in [1.54, 1.807) is 0 Å². The average Bonchev–Trinajstić information content (AvgIpc) is 3.03. The fourth-order valence-corrected chi connectivity index (χ4v) is 4.63. The fraction of sp³-hybridized carbons (Fsp3) is 0.381. The SMILES string of the molecule is Clc1cccc(C2CCC(c3nnc4n3-c3ccccc3CNC4)CC2)n1. The van der Waals surface area contributed by atoms with E-state index in [-0.39, 0.29) is 0 Å². The Balaban J connectivity index is 1.42. The lowest BCUT2D eigenvalue weighted by Crippen LogP contribution is -2.17. The quantitative estimate of drug-likeness (QED) is 0.672. The minimum absolute atomic E-state index is 0.438. The zero-order valence-corrected chi connectivity index (χ0v) is 15.9. The van der Waals surface area contributed by atoms with E-state index in [0.29, 0.717) is 17.0 Å². The number of nitrogens with one attached hydrogen (secondary N) is 1. The minimum Gasteiger partial charge on any atom is -0.306 e. The van der Waals surface area contributed by atoms with Crippen LogP contribution in [0, 0.1) is 0 Å². The van der Waals surface area contributed by atoms with Gasteiger partial charge in [0.15, 0.2) is 5.82 Å². The molecule has 0 atom stereocenters. The van der Waals surface area contributed by atoms with Gasteiger partial charge in [0.1, 0.15) is 11.0 Å². The summed E-state index contributed by atoms with van der Waals surface area (Å²) in [4.78, 5) is 4.52. The van der Waals surface area contributed by atoms with Crippen molar-refractivity contribution in [1.29, 1.82) is 0 Å². The van der Waals surface area contributed by atoms with E-state index in [2.05, 4.69) is 55.4 Å². The van der Waals surface area contributed by atoms with Crippen LogP contribution in [-0.4, -0.2) is 19.7 Å². The van der Waals surface area contributed by atoms with Crippen molar-refractivity contribution >= 4 is 11.6 Å². The van der Waals surface area contributed by atoms with E-state index in [1.165, 1.54) is 11.3 Å². The second kappa shape index (κ2) is 7.06. The molecule has 2 aromatic heterocycles. The molecule has 3 heterocycles. The lowest BCUT2D eigenvalue weighted by atomic mass is 9.80. The Morgan fingerprint density at radius 3 is 2.56 bits per heavy atom. The molecule has 5 nitrogen and oxygen atoms in total. The highest BCUT2D eigenvalue weighted by molar-refractivity contribution is 6.29. The first-order chi connectivity index (χ1) is 13.3. The van der Waals surface area contributed by atoms with Gasteiger partial charge >= 0.3 is 0 Å². The molecule has 27 heavy (non-hydrogen) atoms. The van der Waals surface area contributed by atoms with Crippen LogP contribution in [0.1, 0.15) is 60.4 Å². The van der Waals surface area contributed by atoms with Gasteiger partial charge in [-0.1, -0.05) is 35.9 Å². The molecule has 0 radical (unpaired) electrons. The van der Waals surface area contributed by atoms with E-state index in [4.69, 9.17) is 11.6 Å². The standard InChI is InChI=1S/C21H22ClN5/c22-19-7-3-5-17(24-19)14-8-10-15(11-9-14)21-26-25-20-13-23-12-16-4-1-2-6-18(16)27(20)21/h1-7,14-15,23H,8-13H2. The minimum atomic E-state index is 0.438. The van der Waals surface area contributed by atoms with Gasteiger partial charge in [-0.3, -0.25) is 4.57 Å². The summed E-state index contributed by atoms with van der Waals surface area (Å²) in [6.07, 6.45) is 4.43. The molecule has 6 heteroatoms. The number of halogens is 1. The lowest BCUT2D eigenvalue weighted by Gasteiger charge is -2.28. The van der Waals surface area contributed by atoms with Crippen molar-refractivity contribution < 1.29 is 0 Å². The second-order valence-corrected chi connectivity index (χ2v) is 7.86. The third kappa shape index (κ3) is 3.15. The van der Waals surface area contributed by atoms with Crippen LogP contribution >= 0.6 is 11.6 Å². The molecule has 0 unspecified atom stereocenters. The first-order valence-corrected chi connectivity index (χ1v) is 10.0. The summed E-state index contributed by atoms with van der Waals surface area (Å²) < 4.78 is 2.29. The second-order valence-electron chi connectivity index (χ2n) is 7.48. The molecular weight excluding hydrogens is 358 g/mol. The van der Waals surface area contributed by atoms with Gasteiger partial charge < -0.3 is 5.32 Å². The number of benzene rings is 1. The third-order valence-electron chi connectivity index (χ3n) is 5.83. The molecule has 1 aliphatic heterocycles. The van der Waals surface area contributed by atoms with Gasteiger partial charge in [0, 0.05) is 24.1 Å². The van der Waals surface area contributed by atoms with Crippen LogP contribution in [0.2, 0.25) is 5.15 Å². The number of fused-ring (bicyclic) bond motifs is 3. The number of aromatic nitrogens is 4. The van der Waals surface area contributed by atoms with Gasteiger partial charge in [-0.2, -0.15) is 0 Å². The monoisotopic (exact) mass is 379 g/mol. The number of hydrogen-bond acceptors (Lipinski definition) is 4. The van der Waals surface area contributed by atoms with Crippen molar-refractivity contribution in [3.8, 4) is 5.69 Å². The summed E-state index contributed by atoms with van der Waals surface area (Å²) in [5.74, 6) is 3.04. The molecule has 2 aliphatic rings. The Bertz CT molecular complexity index is 959. The van der Waals surface area contributed by atoms with Crippen LogP contribution in [0.3, 0.4) is 0 Å². The van der Waals surface area contributed by atoms with Crippen LogP contribution in [0.5, 0.6) is 0 Å². The fourth-order valence-electron chi connectivity index (χ4n) is 4.46. The average molecular weight is 380 g/mol. The number of nitrogens with zero attached hydrogens (tertiary/aromatic N) is 4. The van der Waals surface area contributed by atoms with Crippen LogP contribution in [0.15, 0.2) is 42.5 Å². The Hall–Kier alpha value is -2.24. The molecule has 1 aliphatic carbocycles. The Morgan fingerprint density at radius 1 is 0.889 bits per heavy atom. The maximum atomic E-state index is 6.08. The van der Waals surface area contributed by atoms with Crippen molar-refractivity contribution in [2.45, 2.75) is 50.6 Å². The molecule has 138 valence electrons. The molecule has 1 fully saturated rings. The van der Waals surface area contributed by atoms with Gasteiger partial charge in [0.05, 0.1) is 12.2 Å². The first-order valence-electron chi connectivity index (χ1n) is 9.65. The van der Waals surface area contributed by atoms with Gasteiger partial charge in [-0.05, 0) is 49.4 Å². The first kappa shape index (κ1) is 16.9. The van der Waals surface area contributed by atoms with Crippen molar-refractivity contribution in [3.05, 3.63) is 70.5 Å². The highest BCUT2D eigenvalue weighted by Gasteiger charge is 2.30. The van der Waals surface area contributed by atoms with E-state index in [1.807, 2.05) is 12.1 Å². The Morgan fingerprint density at radius 2 is 1.70 bits per heavy atom. The largest absolute Gasteiger partial charge is 0.306 e. The normalized spacial score (nSPS) is 22.0. The molecule has 3 aromatic rings. The summed E-state index contributed by atoms with van der Waals surface area (Å²) in [7, 11) is 0. The molecule has 1 saturated carbocycles. The van der Waals surface area contributed by atoms with E-state index >= 15 is 0 Å². The molecule has 0 saturated heterocycles. The molecule has 1 N–H and O–H groups in total. The van der Waals surface area contributed by atoms with Crippen LogP contribution < -0.4 is 5.32 Å². The summed E-state index contributed by atoms with van der Waals surface area (Å²) in [6, 6.07) is 14.5. The molecule has 0 bridgehead atoms.